The van der Waals surface area contributed by atoms with Crippen LogP contribution in [0.2, 0.25) is 0 Å². The van der Waals surface area contributed by atoms with Crippen molar-refractivity contribution in [2.45, 2.75) is 33.4 Å². The van der Waals surface area contributed by atoms with Crippen molar-refractivity contribution in [3.05, 3.63) is 47.0 Å². The summed E-state index contributed by atoms with van der Waals surface area (Å²) in [5.41, 5.74) is 3.02. The summed E-state index contributed by atoms with van der Waals surface area (Å²) in [5.74, 6) is 2.08. The monoisotopic (exact) mass is 373 g/mol. The lowest BCUT2D eigenvalue weighted by molar-refractivity contribution is -0.127. The molecule has 2 rings (SSSR count). The second-order valence-electron chi connectivity index (χ2n) is 6.33. The molecule has 1 atom stereocenters. The average Bonchev–Trinajstić information content (AvgIpc) is 2.64. The molecule has 2 aromatic carbocycles. The smallest absolute Gasteiger partial charge is 0.261 e. The van der Waals surface area contributed by atoms with Crippen molar-refractivity contribution in [3.63, 3.8) is 0 Å². The number of rotatable bonds is 8. The Hall–Kier alpha value is -2.89. The van der Waals surface area contributed by atoms with E-state index in [4.69, 9.17) is 18.9 Å². The van der Waals surface area contributed by atoms with E-state index >= 15 is 0 Å². The van der Waals surface area contributed by atoms with E-state index in [1.54, 1.807) is 40.4 Å². The molecule has 0 saturated carbocycles. The van der Waals surface area contributed by atoms with Gasteiger partial charge in [0.15, 0.2) is 17.6 Å². The van der Waals surface area contributed by atoms with Gasteiger partial charge in [-0.25, -0.2) is 0 Å². The number of amides is 1. The van der Waals surface area contributed by atoms with E-state index in [2.05, 4.69) is 11.4 Å². The third-order valence-corrected chi connectivity index (χ3v) is 4.07. The van der Waals surface area contributed by atoms with E-state index in [9.17, 15) is 4.79 Å². The zero-order valence-electron chi connectivity index (χ0n) is 16.7. The minimum absolute atomic E-state index is 0.206. The van der Waals surface area contributed by atoms with Gasteiger partial charge in [0.1, 0.15) is 5.75 Å². The van der Waals surface area contributed by atoms with E-state index in [1.165, 1.54) is 0 Å². The molecular weight excluding hydrogens is 346 g/mol. The summed E-state index contributed by atoms with van der Waals surface area (Å²) in [5, 5.41) is 2.87. The van der Waals surface area contributed by atoms with Crippen LogP contribution in [0.15, 0.2) is 30.3 Å². The minimum Gasteiger partial charge on any atom is -0.493 e. The maximum atomic E-state index is 12.4. The summed E-state index contributed by atoms with van der Waals surface area (Å²) in [6.07, 6.45) is -0.617. The molecule has 27 heavy (non-hydrogen) atoms. The molecule has 6 nitrogen and oxygen atoms in total. The van der Waals surface area contributed by atoms with Crippen molar-refractivity contribution < 1.29 is 23.7 Å². The molecule has 2 aromatic rings. The van der Waals surface area contributed by atoms with Gasteiger partial charge in [0.25, 0.3) is 5.91 Å². The quantitative estimate of drug-likeness (QED) is 0.768. The Morgan fingerprint density at radius 2 is 1.48 bits per heavy atom. The average molecular weight is 373 g/mol. The maximum absolute atomic E-state index is 12.4. The van der Waals surface area contributed by atoms with Gasteiger partial charge in [0.05, 0.1) is 21.3 Å². The van der Waals surface area contributed by atoms with Crippen LogP contribution in [0.3, 0.4) is 0 Å². The zero-order valence-corrected chi connectivity index (χ0v) is 16.7. The van der Waals surface area contributed by atoms with Gasteiger partial charge in [-0.2, -0.15) is 0 Å². The summed E-state index contributed by atoms with van der Waals surface area (Å²) < 4.78 is 21.7. The van der Waals surface area contributed by atoms with E-state index in [0.717, 1.165) is 16.7 Å². The largest absolute Gasteiger partial charge is 0.493 e. The molecule has 0 aliphatic heterocycles. The Morgan fingerprint density at radius 3 is 1.96 bits per heavy atom. The number of nitrogens with one attached hydrogen (secondary N) is 1. The third kappa shape index (κ3) is 5.29. The number of hydrogen-bond acceptors (Lipinski definition) is 5. The lowest BCUT2D eigenvalue weighted by Gasteiger charge is -2.17. The summed E-state index contributed by atoms with van der Waals surface area (Å²) in [7, 11) is 4.66. The van der Waals surface area contributed by atoms with Crippen LogP contribution in [-0.4, -0.2) is 33.3 Å². The van der Waals surface area contributed by atoms with Gasteiger partial charge in [0, 0.05) is 6.54 Å². The van der Waals surface area contributed by atoms with Crippen LogP contribution < -0.4 is 24.3 Å². The Bertz CT molecular complexity index is 758. The molecule has 146 valence electrons. The summed E-state index contributed by atoms with van der Waals surface area (Å²) >= 11 is 0. The predicted molar refractivity (Wildman–Crippen MR) is 104 cm³/mol. The molecule has 0 spiro atoms. The van der Waals surface area contributed by atoms with E-state index in [-0.39, 0.29) is 5.91 Å². The van der Waals surface area contributed by atoms with Crippen molar-refractivity contribution in [1.82, 2.24) is 5.32 Å². The number of aryl methyl sites for hydroxylation is 2. The number of carbonyl (C=O) groups excluding carboxylic acids is 1. The fourth-order valence-corrected chi connectivity index (χ4v) is 2.83. The molecule has 1 unspecified atom stereocenters. The van der Waals surface area contributed by atoms with Gasteiger partial charge in [-0.05, 0) is 61.7 Å². The first-order chi connectivity index (χ1) is 12.9. The minimum atomic E-state index is -0.617. The molecule has 0 bridgehead atoms. The predicted octanol–water partition coefficient (Wildman–Crippen LogP) is 3.41. The van der Waals surface area contributed by atoms with Crippen LogP contribution in [0.25, 0.3) is 0 Å². The summed E-state index contributed by atoms with van der Waals surface area (Å²) in [4.78, 5) is 12.4. The van der Waals surface area contributed by atoms with Gasteiger partial charge in [-0.1, -0.05) is 6.07 Å². The molecule has 1 amide bonds. The van der Waals surface area contributed by atoms with Crippen LogP contribution in [0.5, 0.6) is 23.0 Å². The maximum Gasteiger partial charge on any atom is 0.261 e. The normalized spacial score (nSPS) is 11.5. The van der Waals surface area contributed by atoms with Crippen LogP contribution in [0, 0.1) is 13.8 Å². The lowest BCUT2D eigenvalue weighted by atomic mass is 10.1. The third-order valence-electron chi connectivity index (χ3n) is 4.07. The van der Waals surface area contributed by atoms with Crippen LogP contribution in [0.4, 0.5) is 0 Å². The van der Waals surface area contributed by atoms with Crippen molar-refractivity contribution in [2.24, 2.45) is 0 Å². The molecule has 0 fully saturated rings. The first-order valence-electron chi connectivity index (χ1n) is 8.69. The number of methoxy groups -OCH3 is 3. The topological polar surface area (TPSA) is 66.0 Å². The Labute approximate surface area is 160 Å². The lowest BCUT2D eigenvalue weighted by Crippen LogP contribution is -2.35. The van der Waals surface area contributed by atoms with E-state index in [0.29, 0.717) is 29.5 Å². The first kappa shape index (κ1) is 20.4. The number of benzene rings is 2. The van der Waals surface area contributed by atoms with Gasteiger partial charge >= 0.3 is 0 Å². The molecule has 1 N–H and O–H groups in total. The highest BCUT2D eigenvalue weighted by Gasteiger charge is 2.17. The number of carbonyl (C=O) groups is 1. The highest BCUT2D eigenvalue weighted by molar-refractivity contribution is 5.80. The van der Waals surface area contributed by atoms with Crippen molar-refractivity contribution in [2.75, 3.05) is 21.3 Å². The first-order valence-corrected chi connectivity index (χ1v) is 8.69. The fourth-order valence-electron chi connectivity index (χ4n) is 2.83. The molecule has 0 radical (unpaired) electrons. The molecule has 0 saturated heterocycles. The van der Waals surface area contributed by atoms with E-state index < -0.39 is 6.10 Å². The highest BCUT2D eigenvalue weighted by atomic mass is 16.5. The standard InChI is InChI=1S/C21H27NO5/c1-13-7-14(2)9-17(8-13)27-15(3)21(23)22-12-16-10-18(24-4)20(26-6)19(11-16)25-5/h7-11,15H,12H2,1-6H3,(H,22,23). The van der Waals surface area contributed by atoms with Crippen LogP contribution in [-0.2, 0) is 11.3 Å². The summed E-state index contributed by atoms with van der Waals surface area (Å²) in [6.45, 7) is 6.03. The van der Waals surface area contributed by atoms with Gasteiger partial charge < -0.3 is 24.3 Å². The van der Waals surface area contributed by atoms with Crippen LogP contribution >= 0.6 is 0 Å². The van der Waals surface area contributed by atoms with E-state index in [1.807, 2.05) is 26.0 Å². The Kier molecular flexibility index (Phi) is 6.93. The highest BCUT2D eigenvalue weighted by Crippen LogP contribution is 2.38. The second-order valence-corrected chi connectivity index (χ2v) is 6.33. The SMILES string of the molecule is COc1cc(CNC(=O)C(C)Oc2cc(C)cc(C)c2)cc(OC)c1OC. The molecule has 0 aliphatic rings. The van der Waals surface area contributed by atoms with Crippen molar-refractivity contribution in [1.29, 1.82) is 0 Å². The molecule has 0 heterocycles. The molecular formula is C21H27NO5. The second kappa shape index (κ2) is 9.16. The van der Waals surface area contributed by atoms with Gasteiger partial charge in [0.2, 0.25) is 5.75 Å². The molecule has 0 aromatic heterocycles. The molecule has 6 heteroatoms. The van der Waals surface area contributed by atoms with Gasteiger partial charge in [-0.3, -0.25) is 4.79 Å². The van der Waals surface area contributed by atoms with Crippen molar-refractivity contribution in [3.8, 4) is 23.0 Å². The molecule has 0 aliphatic carbocycles. The van der Waals surface area contributed by atoms with Gasteiger partial charge in [-0.15, -0.1) is 0 Å². The zero-order chi connectivity index (χ0) is 20.0. The Morgan fingerprint density at radius 1 is 0.926 bits per heavy atom. The Balaban J connectivity index is 2.04. The number of hydrogen-bond donors (Lipinski definition) is 1. The van der Waals surface area contributed by atoms with Crippen LogP contribution in [0.1, 0.15) is 23.6 Å². The van der Waals surface area contributed by atoms with Crippen molar-refractivity contribution >= 4 is 5.91 Å². The number of ether oxygens (including phenoxy) is 4. The summed E-state index contributed by atoms with van der Waals surface area (Å²) in [6, 6.07) is 9.49. The fraction of sp³-hybridized carbons (Fsp3) is 0.381.